The highest BCUT2D eigenvalue weighted by Crippen LogP contribution is 2.32. The fraction of sp³-hybridized carbons (Fsp3) is 0. The third-order valence-corrected chi connectivity index (χ3v) is 4.58. The van der Waals surface area contributed by atoms with Gasteiger partial charge in [0.1, 0.15) is 5.52 Å². The van der Waals surface area contributed by atoms with Crippen molar-refractivity contribution in [1.29, 1.82) is 0 Å². The fourth-order valence-electron chi connectivity index (χ4n) is 3.00. The summed E-state index contributed by atoms with van der Waals surface area (Å²) in [5.41, 5.74) is 4.81. The molecule has 3 nitrogen and oxygen atoms in total. The Hall–Kier alpha value is -2.59. The highest BCUT2D eigenvalue weighted by atomic mass is 79.9. The predicted molar refractivity (Wildman–Crippen MR) is 96.5 cm³/mol. The number of halogens is 1. The smallest absolute Gasteiger partial charge is 0.227 e. The lowest BCUT2D eigenvalue weighted by atomic mass is 10.1. The molecule has 0 aliphatic heterocycles. The number of hydrogen-bond acceptors (Lipinski definition) is 2. The molecule has 0 fully saturated rings. The Kier molecular flexibility index (Phi) is 2.64. The first-order valence-electron chi connectivity index (χ1n) is 7.35. The van der Waals surface area contributed by atoms with Gasteiger partial charge in [-0.25, -0.2) is 4.98 Å². The molecule has 4 heteroatoms. The van der Waals surface area contributed by atoms with E-state index in [0.29, 0.717) is 5.89 Å². The molecule has 0 spiro atoms. The molecule has 0 amide bonds. The van der Waals surface area contributed by atoms with Crippen LogP contribution in [0.4, 0.5) is 0 Å². The third kappa shape index (κ3) is 1.99. The highest BCUT2D eigenvalue weighted by Gasteiger charge is 2.12. The lowest BCUT2D eigenvalue weighted by molar-refractivity contribution is 0.620. The molecular formula is C19H11BrN2O. The largest absolute Gasteiger partial charge is 0.436 e. The maximum Gasteiger partial charge on any atom is 0.227 e. The van der Waals surface area contributed by atoms with E-state index in [9.17, 15) is 0 Å². The number of nitrogens with zero attached hydrogens (tertiary/aromatic N) is 1. The Balaban J connectivity index is 1.79. The lowest BCUT2D eigenvalue weighted by Gasteiger charge is -1.91. The van der Waals surface area contributed by atoms with Crippen molar-refractivity contribution in [1.82, 2.24) is 9.97 Å². The minimum atomic E-state index is 0.653. The van der Waals surface area contributed by atoms with Crippen molar-refractivity contribution in [2.24, 2.45) is 0 Å². The van der Waals surface area contributed by atoms with Gasteiger partial charge < -0.3 is 9.40 Å². The fourth-order valence-corrected chi connectivity index (χ4v) is 3.37. The number of H-pyrrole nitrogens is 1. The van der Waals surface area contributed by atoms with Gasteiger partial charge in [0.25, 0.3) is 0 Å². The molecule has 0 saturated carbocycles. The molecule has 0 atom stereocenters. The van der Waals surface area contributed by atoms with Crippen LogP contribution in [0, 0.1) is 0 Å². The van der Waals surface area contributed by atoms with Gasteiger partial charge in [0.15, 0.2) is 5.58 Å². The number of aromatic amines is 1. The van der Waals surface area contributed by atoms with Crippen LogP contribution in [0.1, 0.15) is 0 Å². The van der Waals surface area contributed by atoms with Gasteiger partial charge in [0, 0.05) is 32.4 Å². The number of rotatable bonds is 1. The molecule has 0 bridgehead atoms. The second-order valence-corrected chi connectivity index (χ2v) is 6.48. The second kappa shape index (κ2) is 4.70. The van der Waals surface area contributed by atoms with E-state index in [1.54, 1.807) is 0 Å². The zero-order valence-corrected chi connectivity index (χ0v) is 13.6. The maximum atomic E-state index is 5.94. The minimum absolute atomic E-state index is 0.653. The first-order valence-corrected chi connectivity index (χ1v) is 8.14. The molecule has 0 saturated heterocycles. The molecule has 0 radical (unpaired) electrons. The van der Waals surface area contributed by atoms with Gasteiger partial charge in [-0.05, 0) is 30.3 Å². The van der Waals surface area contributed by atoms with Crippen LogP contribution in [-0.2, 0) is 0 Å². The van der Waals surface area contributed by atoms with Crippen LogP contribution in [0.15, 0.2) is 69.6 Å². The molecule has 110 valence electrons. The van der Waals surface area contributed by atoms with Crippen molar-refractivity contribution in [3.63, 3.8) is 0 Å². The SMILES string of the molecule is Brc1ccc2c(c1)[nH]c1cc3oc(-c4ccccc4)nc3cc12. The summed E-state index contributed by atoms with van der Waals surface area (Å²) >= 11 is 3.51. The normalized spacial score (nSPS) is 11.7. The molecule has 0 unspecified atom stereocenters. The highest BCUT2D eigenvalue weighted by molar-refractivity contribution is 9.10. The Labute approximate surface area is 140 Å². The van der Waals surface area contributed by atoms with Gasteiger partial charge in [-0.15, -0.1) is 0 Å². The molecule has 2 aromatic heterocycles. The average molecular weight is 363 g/mol. The van der Waals surface area contributed by atoms with E-state index < -0.39 is 0 Å². The molecule has 5 aromatic rings. The van der Waals surface area contributed by atoms with Crippen LogP contribution >= 0.6 is 15.9 Å². The topological polar surface area (TPSA) is 41.8 Å². The summed E-state index contributed by atoms with van der Waals surface area (Å²) in [4.78, 5) is 8.09. The van der Waals surface area contributed by atoms with E-state index in [1.807, 2.05) is 36.4 Å². The van der Waals surface area contributed by atoms with Crippen molar-refractivity contribution in [2.45, 2.75) is 0 Å². The van der Waals surface area contributed by atoms with Gasteiger partial charge in [0.2, 0.25) is 5.89 Å². The zero-order valence-electron chi connectivity index (χ0n) is 12.0. The quantitative estimate of drug-likeness (QED) is 0.403. The van der Waals surface area contributed by atoms with E-state index in [-0.39, 0.29) is 0 Å². The number of oxazole rings is 1. The molecule has 2 heterocycles. The Morgan fingerprint density at radius 2 is 1.70 bits per heavy atom. The summed E-state index contributed by atoms with van der Waals surface area (Å²) in [5.74, 6) is 0.653. The standard InChI is InChI=1S/C19H11BrN2O/c20-12-6-7-13-14-9-17-18(10-16(14)21-15(13)8-12)23-19(22-17)11-4-2-1-3-5-11/h1-10,21H. The molecule has 3 aromatic carbocycles. The Morgan fingerprint density at radius 1 is 0.870 bits per heavy atom. The summed E-state index contributed by atoms with van der Waals surface area (Å²) in [6.07, 6.45) is 0. The summed E-state index contributed by atoms with van der Waals surface area (Å²) < 4.78 is 7.00. The van der Waals surface area contributed by atoms with Crippen LogP contribution in [0.2, 0.25) is 0 Å². The molecule has 0 aliphatic rings. The molecule has 0 aliphatic carbocycles. The summed E-state index contributed by atoms with van der Waals surface area (Å²) in [7, 11) is 0. The molecule has 1 N–H and O–H groups in total. The third-order valence-electron chi connectivity index (χ3n) is 4.09. The van der Waals surface area contributed by atoms with Gasteiger partial charge in [0.05, 0.1) is 5.52 Å². The van der Waals surface area contributed by atoms with Crippen LogP contribution in [-0.4, -0.2) is 9.97 Å². The number of hydrogen-bond donors (Lipinski definition) is 1. The lowest BCUT2D eigenvalue weighted by Crippen LogP contribution is -1.74. The van der Waals surface area contributed by atoms with Crippen molar-refractivity contribution in [3.05, 3.63) is 65.1 Å². The summed E-state index contributed by atoms with van der Waals surface area (Å²) in [6.45, 7) is 0. The van der Waals surface area contributed by atoms with E-state index in [1.165, 1.54) is 5.39 Å². The van der Waals surface area contributed by atoms with Crippen molar-refractivity contribution in [3.8, 4) is 11.5 Å². The monoisotopic (exact) mass is 362 g/mol. The van der Waals surface area contributed by atoms with Gasteiger partial charge in [-0.3, -0.25) is 0 Å². The first-order chi connectivity index (χ1) is 11.3. The Bertz CT molecular complexity index is 1170. The number of nitrogens with one attached hydrogen (secondary N) is 1. The van der Waals surface area contributed by atoms with Crippen LogP contribution in [0.5, 0.6) is 0 Å². The van der Waals surface area contributed by atoms with E-state index in [2.05, 4.69) is 50.2 Å². The van der Waals surface area contributed by atoms with E-state index in [4.69, 9.17) is 4.42 Å². The van der Waals surface area contributed by atoms with Crippen LogP contribution in [0.25, 0.3) is 44.4 Å². The van der Waals surface area contributed by atoms with Crippen molar-refractivity contribution in [2.75, 3.05) is 0 Å². The van der Waals surface area contributed by atoms with Gasteiger partial charge in [-0.2, -0.15) is 0 Å². The van der Waals surface area contributed by atoms with E-state index in [0.717, 1.165) is 37.6 Å². The van der Waals surface area contributed by atoms with Crippen LogP contribution < -0.4 is 0 Å². The first kappa shape index (κ1) is 12.9. The van der Waals surface area contributed by atoms with E-state index >= 15 is 0 Å². The van der Waals surface area contributed by atoms with Crippen molar-refractivity contribution >= 4 is 48.8 Å². The number of benzene rings is 3. The summed E-state index contributed by atoms with van der Waals surface area (Å²) in [6, 6.07) is 20.3. The predicted octanol–water partition coefficient (Wildman–Crippen LogP) is 5.89. The number of fused-ring (bicyclic) bond motifs is 4. The molecular weight excluding hydrogens is 352 g/mol. The number of aromatic nitrogens is 2. The summed E-state index contributed by atoms with van der Waals surface area (Å²) in [5, 5.41) is 2.35. The molecule has 5 rings (SSSR count). The van der Waals surface area contributed by atoms with Crippen LogP contribution in [0.3, 0.4) is 0 Å². The Morgan fingerprint density at radius 3 is 2.57 bits per heavy atom. The average Bonchev–Trinajstić information content (AvgIpc) is 3.13. The second-order valence-electron chi connectivity index (χ2n) is 5.57. The van der Waals surface area contributed by atoms with Gasteiger partial charge >= 0.3 is 0 Å². The van der Waals surface area contributed by atoms with Crippen molar-refractivity contribution < 1.29 is 4.42 Å². The minimum Gasteiger partial charge on any atom is -0.436 e. The van der Waals surface area contributed by atoms with Gasteiger partial charge in [-0.1, -0.05) is 40.2 Å². The molecule has 23 heavy (non-hydrogen) atoms. The zero-order chi connectivity index (χ0) is 15.4. The maximum absolute atomic E-state index is 5.94.